The lowest BCUT2D eigenvalue weighted by atomic mass is 10.2. The summed E-state index contributed by atoms with van der Waals surface area (Å²) in [7, 11) is 1.68. The van der Waals surface area contributed by atoms with Crippen LogP contribution in [0, 0.1) is 0 Å². The zero-order chi connectivity index (χ0) is 11.1. The third-order valence-corrected chi connectivity index (χ3v) is 2.78. The molecule has 0 radical (unpaired) electrons. The van der Waals surface area contributed by atoms with E-state index in [-0.39, 0.29) is 0 Å². The van der Waals surface area contributed by atoms with Crippen LogP contribution < -0.4 is 10.1 Å². The van der Waals surface area contributed by atoms with Gasteiger partial charge in [-0.3, -0.25) is 0 Å². The molecule has 0 aromatic heterocycles. The molecule has 0 aliphatic carbocycles. The van der Waals surface area contributed by atoms with Gasteiger partial charge in [0.1, 0.15) is 5.75 Å². The van der Waals surface area contributed by atoms with E-state index < -0.39 is 0 Å². The first-order chi connectivity index (χ1) is 7.30. The molecule has 84 valence electrons. The maximum atomic E-state index is 5.81. The van der Waals surface area contributed by atoms with Gasteiger partial charge in [0, 0.05) is 18.5 Å². The molecule has 0 saturated heterocycles. The Morgan fingerprint density at radius 2 is 2.27 bits per heavy atom. The molecule has 0 bridgehead atoms. The zero-order valence-electron chi connectivity index (χ0n) is 9.29. The first-order valence-electron chi connectivity index (χ1n) is 5.22. The molecule has 0 heterocycles. The van der Waals surface area contributed by atoms with Gasteiger partial charge in [0.2, 0.25) is 0 Å². The van der Waals surface area contributed by atoms with E-state index in [9.17, 15) is 0 Å². The number of methoxy groups -OCH3 is 1. The summed E-state index contributed by atoms with van der Waals surface area (Å²) in [6.45, 7) is 2.97. The van der Waals surface area contributed by atoms with Crippen LogP contribution in [-0.4, -0.2) is 19.0 Å². The minimum atomic E-state index is 0.387. The molecule has 1 aromatic rings. The molecule has 0 fully saturated rings. The Morgan fingerprint density at radius 3 is 2.87 bits per heavy atom. The smallest absolute Gasteiger partial charge is 0.119 e. The maximum absolute atomic E-state index is 5.81. The Hall–Kier alpha value is -0.730. The van der Waals surface area contributed by atoms with Crippen molar-refractivity contribution >= 4 is 11.6 Å². The van der Waals surface area contributed by atoms with Gasteiger partial charge in [0.25, 0.3) is 0 Å². The molecular weight excluding hydrogens is 210 g/mol. The summed E-state index contributed by atoms with van der Waals surface area (Å²) >= 11 is 5.81. The number of halogens is 1. The number of ether oxygens (including phenoxy) is 1. The summed E-state index contributed by atoms with van der Waals surface area (Å²) in [6, 6.07) is 8.45. The van der Waals surface area contributed by atoms with Gasteiger partial charge in [0.15, 0.2) is 0 Å². The molecule has 2 nitrogen and oxygen atoms in total. The highest BCUT2D eigenvalue weighted by Gasteiger charge is 2.03. The molecule has 1 rings (SSSR count). The van der Waals surface area contributed by atoms with Crippen LogP contribution in [0.15, 0.2) is 24.3 Å². The number of nitrogens with one attached hydrogen (secondary N) is 1. The second-order valence-electron chi connectivity index (χ2n) is 3.49. The van der Waals surface area contributed by atoms with E-state index in [1.54, 1.807) is 7.11 Å². The van der Waals surface area contributed by atoms with Crippen molar-refractivity contribution in [1.29, 1.82) is 0 Å². The third kappa shape index (κ3) is 4.10. The first-order valence-corrected chi connectivity index (χ1v) is 5.75. The lowest BCUT2D eigenvalue weighted by molar-refractivity contribution is 0.413. The van der Waals surface area contributed by atoms with Crippen molar-refractivity contribution in [3.05, 3.63) is 29.8 Å². The van der Waals surface area contributed by atoms with E-state index in [0.29, 0.717) is 11.9 Å². The van der Waals surface area contributed by atoms with E-state index in [4.69, 9.17) is 16.3 Å². The SMILES string of the molecule is CCC(CCl)NCc1cccc(OC)c1. The van der Waals surface area contributed by atoms with Gasteiger partial charge in [-0.1, -0.05) is 19.1 Å². The Bertz CT molecular complexity index is 287. The average Bonchev–Trinajstić information content (AvgIpc) is 2.31. The monoisotopic (exact) mass is 227 g/mol. The van der Waals surface area contributed by atoms with E-state index in [1.165, 1.54) is 5.56 Å². The van der Waals surface area contributed by atoms with Crippen LogP contribution in [0.4, 0.5) is 0 Å². The van der Waals surface area contributed by atoms with Crippen molar-refractivity contribution in [2.75, 3.05) is 13.0 Å². The molecule has 0 aliphatic rings. The van der Waals surface area contributed by atoms with Crippen LogP contribution in [-0.2, 0) is 6.54 Å². The molecular formula is C12H18ClNO. The Balaban J connectivity index is 2.49. The summed E-state index contributed by atoms with van der Waals surface area (Å²) in [5, 5.41) is 3.40. The summed E-state index contributed by atoms with van der Waals surface area (Å²) in [5.41, 5.74) is 1.22. The van der Waals surface area contributed by atoms with Crippen molar-refractivity contribution in [3.8, 4) is 5.75 Å². The number of rotatable bonds is 6. The summed E-state index contributed by atoms with van der Waals surface area (Å²) in [6.07, 6.45) is 1.05. The molecule has 0 amide bonds. The second kappa shape index (κ2) is 6.70. The number of alkyl halides is 1. The summed E-state index contributed by atoms with van der Waals surface area (Å²) in [4.78, 5) is 0. The highest BCUT2D eigenvalue weighted by molar-refractivity contribution is 6.18. The van der Waals surface area contributed by atoms with E-state index in [1.807, 2.05) is 18.2 Å². The van der Waals surface area contributed by atoms with Gasteiger partial charge < -0.3 is 10.1 Å². The lowest BCUT2D eigenvalue weighted by Crippen LogP contribution is -2.29. The second-order valence-corrected chi connectivity index (χ2v) is 3.80. The predicted octanol–water partition coefficient (Wildman–Crippen LogP) is 2.80. The van der Waals surface area contributed by atoms with Crippen LogP contribution in [0.3, 0.4) is 0 Å². The van der Waals surface area contributed by atoms with Crippen LogP contribution in [0.5, 0.6) is 5.75 Å². The van der Waals surface area contributed by atoms with Crippen LogP contribution in [0.25, 0.3) is 0 Å². The first kappa shape index (κ1) is 12.3. The van der Waals surface area contributed by atoms with Gasteiger partial charge in [-0.25, -0.2) is 0 Å². The van der Waals surface area contributed by atoms with Crippen molar-refractivity contribution in [2.24, 2.45) is 0 Å². The minimum absolute atomic E-state index is 0.387. The largest absolute Gasteiger partial charge is 0.497 e. The van der Waals surface area contributed by atoms with Crippen LogP contribution in [0.1, 0.15) is 18.9 Å². The number of hydrogen-bond acceptors (Lipinski definition) is 2. The maximum Gasteiger partial charge on any atom is 0.119 e. The van der Waals surface area contributed by atoms with Gasteiger partial charge >= 0.3 is 0 Å². The Labute approximate surface area is 96.6 Å². The number of hydrogen-bond donors (Lipinski definition) is 1. The number of benzene rings is 1. The lowest BCUT2D eigenvalue weighted by Gasteiger charge is -2.13. The van der Waals surface area contributed by atoms with Gasteiger partial charge in [-0.15, -0.1) is 11.6 Å². The quantitative estimate of drug-likeness (QED) is 0.755. The normalized spacial score (nSPS) is 12.5. The molecule has 1 unspecified atom stereocenters. The van der Waals surface area contributed by atoms with Gasteiger partial charge in [-0.2, -0.15) is 0 Å². The summed E-state index contributed by atoms with van der Waals surface area (Å²) < 4.78 is 5.16. The summed E-state index contributed by atoms with van der Waals surface area (Å²) in [5.74, 6) is 1.55. The van der Waals surface area contributed by atoms with Crippen molar-refractivity contribution < 1.29 is 4.74 Å². The van der Waals surface area contributed by atoms with Crippen molar-refractivity contribution in [2.45, 2.75) is 25.9 Å². The van der Waals surface area contributed by atoms with E-state index >= 15 is 0 Å². The third-order valence-electron chi connectivity index (χ3n) is 2.41. The van der Waals surface area contributed by atoms with Crippen molar-refractivity contribution in [1.82, 2.24) is 5.32 Å². The molecule has 3 heteroatoms. The zero-order valence-corrected chi connectivity index (χ0v) is 10.1. The van der Waals surface area contributed by atoms with Gasteiger partial charge in [-0.05, 0) is 24.1 Å². The Kier molecular flexibility index (Phi) is 5.51. The minimum Gasteiger partial charge on any atom is -0.497 e. The fourth-order valence-electron chi connectivity index (χ4n) is 1.35. The fraction of sp³-hybridized carbons (Fsp3) is 0.500. The van der Waals surface area contributed by atoms with Gasteiger partial charge in [0.05, 0.1) is 7.11 Å². The topological polar surface area (TPSA) is 21.3 Å². The molecule has 15 heavy (non-hydrogen) atoms. The Morgan fingerprint density at radius 1 is 1.47 bits per heavy atom. The molecule has 1 atom stereocenters. The standard InChI is InChI=1S/C12H18ClNO/c1-3-11(8-13)14-9-10-5-4-6-12(7-10)15-2/h4-7,11,14H,3,8-9H2,1-2H3. The van der Waals surface area contributed by atoms with E-state index in [2.05, 4.69) is 18.3 Å². The van der Waals surface area contributed by atoms with Crippen LogP contribution in [0.2, 0.25) is 0 Å². The predicted molar refractivity (Wildman–Crippen MR) is 64.6 cm³/mol. The average molecular weight is 228 g/mol. The molecule has 1 N–H and O–H groups in total. The molecule has 0 aliphatic heterocycles. The fourth-order valence-corrected chi connectivity index (χ4v) is 1.68. The molecule has 0 saturated carbocycles. The highest BCUT2D eigenvalue weighted by atomic mass is 35.5. The van der Waals surface area contributed by atoms with Crippen LogP contribution >= 0.6 is 11.6 Å². The van der Waals surface area contributed by atoms with E-state index in [0.717, 1.165) is 18.7 Å². The molecule has 0 spiro atoms. The molecule has 1 aromatic carbocycles. The highest BCUT2D eigenvalue weighted by Crippen LogP contribution is 2.12. The van der Waals surface area contributed by atoms with Crippen molar-refractivity contribution in [3.63, 3.8) is 0 Å².